The number of fused-ring (bicyclic) bond motifs is 1. The minimum absolute atomic E-state index is 0.0739. The molecule has 0 aliphatic heterocycles. The van der Waals surface area contributed by atoms with E-state index in [0.717, 1.165) is 42.6 Å². The van der Waals surface area contributed by atoms with E-state index in [0.29, 0.717) is 18.2 Å². The lowest BCUT2D eigenvalue weighted by molar-refractivity contribution is 0.0974. The fourth-order valence-electron chi connectivity index (χ4n) is 3.84. The number of hydrogen-bond donors (Lipinski definition) is 3. The number of hydrogen-bond acceptors (Lipinski definition) is 7. The van der Waals surface area contributed by atoms with Gasteiger partial charge in [-0.2, -0.15) is 10.2 Å². The summed E-state index contributed by atoms with van der Waals surface area (Å²) in [7, 11) is 1.64. The Kier molecular flexibility index (Phi) is 6.36. The van der Waals surface area contributed by atoms with Gasteiger partial charge in [-0.1, -0.05) is 6.92 Å². The normalized spacial score (nSPS) is 19.5. The van der Waals surface area contributed by atoms with Crippen molar-refractivity contribution < 1.29 is 14.3 Å². The number of rotatable bonds is 8. The molecule has 1 amide bonds. The van der Waals surface area contributed by atoms with E-state index in [2.05, 4.69) is 30.9 Å². The Hall–Kier alpha value is -3.14. The van der Waals surface area contributed by atoms with Gasteiger partial charge in [0.25, 0.3) is 0 Å². The van der Waals surface area contributed by atoms with Gasteiger partial charge in [-0.15, -0.1) is 0 Å². The van der Waals surface area contributed by atoms with Crippen LogP contribution in [0.4, 0.5) is 16.4 Å². The van der Waals surface area contributed by atoms with Crippen molar-refractivity contribution in [1.82, 2.24) is 30.1 Å². The maximum atomic E-state index is 12.0. The summed E-state index contributed by atoms with van der Waals surface area (Å²) >= 11 is 0. The van der Waals surface area contributed by atoms with Crippen LogP contribution in [0.5, 0.6) is 0 Å². The third-order valence-corrected chi connectivity index (χ3v) is 5.65. The van der Waals surface area contributed by atoms with Gasteiger partial charge in [-0.25, -0.2) is 14.3 Å². The zero-order chi connectivity index (χ0) is 21.8. The first kappa shape index (κ1) is 21.1. The number of amides is 1. The Morgan fingerprint density at radius 1 is 1.39 bits per heavy atom. The predicted molar refractivity (Wildman–Crippen MR) is 115 cm³/mol. The number of carbonyl (C=O) groups excluding carboxylic acids is 1. The maximum absolute atomic E-state index is 12.0. The average Bonchev–Trinajstić information content (AvgIpc) is 3.48. The molecular weight excluding hydrogens is 398 g/mol. The molecular formula is C21H29N7O3. The van der Waals surface area contributed by atoms with Gasteiger partial charge in [0.05, 0.1) is 12.3 Å². The van der Waals surface area contributed by atoms with Gasteiger partial charge in [0.2, 0.25) is 0 Å². The second-order valence-electron chi connectivity index (χ2n) is 8.00. The van der Waals surface area contributed by atoms with Crippen LogP contribution in [-0.2, 0) is 16.1 Å². The van der Waals surface area contributed by atoms with Gasteiger partial charge >= 0.3 is 6.09 Å². The van der Waals surface area contributed by atoms with Gasteiger partial charge in [0.15, 0.2) is 11.6 Å². The lowest BCUT2D eigenvalue weighted by Crippen LogP contribution is -2.34. The van der Waals surface area contributed by atoms with Crippen molar-refractivity contribution in [3.63, 3.8) is 0 Å². The molecule has 3 aromatic rings. The fourth-order valence-corrected chi connectivity index (χ4v) is 3.84. The summed E-state index contributed by atoms with van der Waals surface area (Å²) in [6.07, 6.45) is 6.53. The first-order valence-corrected chi connectivity index (χ1v) is 10.7. The third kappa shape index (κ3) is 4.96. The van der Waals surface area contributed by atoms with Crippen LogP contribution in [-0.4, -0.2) is 50.1 Å². The van der Waals surface area contributed by atoms with Crippen molar-refractivity contribution in [2.24, 2.45) is 0 Å². The zero-order valence-electron chi connectivity index (χ0n) is 18.1. The standard InChI is InChI=1S/C21H29N7O3/c1-4-13(2)23-21(29)31-16-6-5-14(9-16)17-11-19(26-25-17)24-20-18-10-15(12-30-3)27-28(18)8-7-22-20/h7-8,10-11,13-14,16H,4-6,9,12H2,1-3H3,(H,23,29)(H2,22,24,25,26). The van der Waals surface area contributed by atoms with Crippen molar-refractivity contribution in [1.29, 1.82) is 0 Å². The molecule has 3 unspecified atom stereocenters. The van der Waals surface area contributed by atoms with Crippen LogP contribution in [0.1, 0.15) is 56.8 Å². The number of aromatic nitrogens is 5. The molecule has 1 fully saturated rings. The minimum Gasteiger partial charge on any atom is -0.446 e. The summed E-state index contributed by atoms with van der Waals surface area (Å²) in [4.78, 5) is 16.4. The molecule has 1 aliphatic carbocycles. The SMILES string of the molecule is CCC(C)NC(=O)OC1CCC(c2cc(Nc3nccn4nc(COC)cc34)n[nH]2)C1. The van der Waals surface area contributed by atoms with Gasteiger partial charge in [-0.3, -0.25) is 5.10 Å². The van der Waals surface area contributed by atoms with Crippen LogP contribution in [0.2, 0.25) is 0 Å². The molecule has 166 valence electrons. The molecule has 0 saturated heterocycles. The molecule has 1 aliphatic rings. The monoisotopic (exact) mass is 427 g/mol. The zero-order valence-corrected chi connectivity index (χ0v) is 18.1. The molecule has 1 saturated carbocycles. The Bertz CT molecular complexity index is 1030. The van der Waals surface area contributed by atoms with Gasteiger partial charge < -0.3 is 20.1 Å². The second-order valence-corrected chi connectivity index (χ2v) is 8.00. The summed E-state index contributed by atoms with van der Waals surface area (Å²) in [6, 6.07) is 4.05. The van der Waals surface area contributed by atoms with Crippen LogP contribution in [0.3, 0.4) is 0 Å². The fraction of sp³-hybridized carbons (Fsp3) is 0.524. The van der Waals surface area contributed by atoms with Crippen molar-refractivity contribution in [2.45, 2.75) is 64.2 Å². The van der Waals surface area contributed by atoms with E-state index >= 15 is 0 Å². The van der Waals surface area contributed by atoms with Crippen LogP contribution < -0.4 is 10.6 Å². The number of methoxy groups -OCH3 is 1. The second kappa shape index (κ2) is 9.34. The average molecular weight is 428 g/mol. The first-order valence-electron chi connectivity index (χ1n) is 10.7. The van der Waals surface area contributed by atoms with Gasteiger partial charge in [0.1, 0.15) is 11.6 Å². The third-order valence-electron chi connectivity index (χ3n) is 5.65. The van der Waals surface area contributed by atoms with Crippen molar-refractivity contribution in [2.75, 3.05) is 12.4 Å². The summed E-state index contributed by atoms with van der Waals surface area (Å²) in [5.74, 6) is 1.63. The maximum Gasteiger partial charge on any atom is 0.407 e. The summed E-state index contributed by atoms with van der Waals surface area (Å²) in [5.41, 5.74) is 2.70. The molecule has 4 rings (SSSR count). The highest BCUT2D eigenvalue weighted by molar-refractivity contribution is 5.72. The van der Waals surface area contributed by atoms with E-state index in [1.807, 2.05) is 26.0 Å². The van der Waals surface area contributed by atoms with E-state index in [4.69, 9.17) is 9.47 Å². The highest BCUT2D eigenvalue weighted by Gasteiger charge is 2.30. The van der Waals surface area contributed by atoms with Gasteiger partial charge in [0, 0.05) is 43.2 Å². The predicted octanol–water partition coefficient (Wildman–Crippen LogP) is 3.50. The Balaban J connectivity index is 1.38. The van der Waals surface area contributed by atoms with Crippen LogP contribution >= 0.6 is 0 Å². The topological polar surface area (TPSA) is 118 Å². The quantitative estimate of drug-likeness (QED) is 0.503. The van der Waals surface area contributed by atoms with Gasteiger partial charge in [-0.05, 0) is 38.7 Å². The number of anilines is 2. The van der Waals surface area contributed by atoms with Crippen LogP contribution in [0.15, 0.2) is 24.5 Å². The Labute approximate surface area is 180 Å². The van der Waals surface area contributed by atoms with E-state index in [1.165, 1.54) is 0 Å². The largest absolute Gasteiger partial charge is 0.446 e. The van der Waals surface area contributed by atoms with Crippen LogP contribution in [0, 0.1) is 0 Å². The molecule has 3 atom stereocenters. The molecule has 10 heteroatoms. The molecule has 0 aromatic carbocycles. The van der Waals surface area contributed by atoms with Crippen molar-refractivity contribution >= 4 is 23.2 Å². The lowest BCUT2D eigenvalue weighted by Gasteiger charge is -2.16. The first-order chi connectivity index (χ1) is 15.1. The molecule has 3 N–H and O–H groups in total. The van der Waals surface area contributed by atoms with E-state index < -0.39 is 0 Å². The summed E-state index contributed by atoms with van der Waals surface area (Å²) < 4.78 is 12.5. The smallest absolute Gasteiger partial charge is 0.407 e. The van der Waals surface area contributed by atoms with Crippen molar-refractivity contribution in [3.05, 3.63) is 35.9 Å². The van der Waals surface area contributed by atoms with Crippen LogP contribution in [0.25, 0.3) is 5.52 Å². The Morgan fingerprint density at radius 3 is 3.06 bits per heavy atom. The number of carbonyl (C=O) groups is 1. The molecule has 0 bridgehead atoms. The number of nitrogens with zero attached hydrogens (tertiary/aromatic N) is 4. The van der Waals surface area contributed by atoms with E-state index in [9.17, 15) is 4.79 Å². The molecule has 0 spiro atoms. The highest BCUT2D eigenvalue weighted by atomic mass is 16.6. The molecule has 3 heterocycles. The highest BCUT2D eigenvalue weighted by Crippen LogP contribution is 2.36. The Morgan fingerprint density at radius 2 is 2.26 bits per heavy atom. The molecule has 31 heavy (non-hydrogen) atoms. The van der Waals surface area contributed by atoms with Crippen molar-refractivity contribution in [3.8, 4) is 0 Å². The number of H-pyrrole nitrogens is 1. The number of aromatic amines is 1. The number of alkyl carbamates (subject to hydrolysis) is 1. The number of ether oxygens (including phenoxy) is 2. The molecule has 3 aromatic heterocycles. The lowest BCUT2D eigenvalue weighted by atomic mass is 10.0. The number of nitrogens with one attached hydrogen (secondary N) is 3. The molecule has 0 radical (unpaired) electrons. The summed E-state index contributed by atoms with van der Waals surface area (Å²) in [6.45, 7) is 4.44. The summed E-state index contributed by atoms with van der Waals surface area (Å²) in [5, 5.41) is 18.1. The molecule has 10 nitrogen and oxygen atoms in total. The van der Waals surface area contributed by atoms with E-state index in [1.54, 1.807) is 24.0 Å². The van der Waals surface area contributed by atoms with E-state index in [-0.39, 0.29) is 24.2 Å². The minimum atomic E-state index is -0.334.